The fraction of sp³-hybridized carbons (Fsp3) is 0.300. The van der Waals surface area contributed by atoms with E-state index >= 15 is 0 Å². The minimum Gasteiger partial charge on any atom is -0.352 e. The van der Waals surface area contributed by atoms with Gasteiger partial charge in [-0.05, 0) is 49.1 Å². The highest BCUT2D eigenvalue weighted by Gasteiger charge is 2.08. The molecule has 4 heteroatoms. The minimum atomic E-state index is -0.108. The van der Waals surface area contributed by atoms with Crippen LogP contribution < -0.4 is 10.6 Å². The van der Waals surface area contributed by atoms with Crippen LogP contribution in [0.1, 0.15) is 46.0 Å². The number of amides is 2. The molecule has 2 N–H and O–H groups in total. The zero-order valence-electron chi connectivity index (χ0n) is 14.0. The summed E-state index contributed by atoms with van der Waals surface area (Å²) in [5, 5.41) is 5.73. The van der Waals surface area contributed by atoms with Crippen molar-refractivity contribution >= 4 is 11.8 Å². The van der Waals surface area contributed by atoms with Crippen molar-refractivity contribution in [3.05, 3.63) is 71.3 Å². The Balaban J connectivity index is 1.77. The summed E-state index contributed by atoms with van der Waals surface area (Å²) in [5.74, 6) is -0.213. The Morgan fingerprint density at radius 1 is 0.792 bits per heavy atom. The molecule has 0 atom stereocenters. The van der Waals surface area contributed by atoms with Crippen molar-refractivity contribution in [2.45, 2.75) is 26.2 Å². The lowest BCUT2D eigenvalue weighted by Gasteiger charge is -2.07. The van der Waals surface area contributed by atoms with Gasteiger partial charge in [-0.3, -0.25) is 9.59 Å². The zero-order valence-corrected chi connectivity index (χ0v) is 14.0. The smallest absolute Gasteiger partial charge is 0.251 e. The summed E-state index contributed by atoms with van der Waals surface area (Å²) < 4.78 is 0. The number of aryl methyl sites for hydroxylation is 1. The SMILES string of the molecule is CCCNC(=O)c1ccc(C(=O)NCCCc2ccccc2)cc1. The summed E-state index contributed by atoms with van der Waals surface area (Å²) in [6.07, 6.45) is 2.74. The molecule has 126 valence electrons. The average Bonchev–Trinajstić information content (AvgIpc) is 2.64. The topological polar surface area (TPSA) is 58.2 Å². The Kier molecular flexibility index (Phi) is 7.02. The second kappa shape index (κ2) is 9.50. The van der Waals surface area contributed by atoms with E-state index in [2.05, 4.69) is 22.8 Å². The zero-order chi connectivity index (χ0) is 17.2. The molecule has 0 aliphatic carbocycles. The van der Waals surface area contributed by atoms with Crippen LogP contribution >= 0.6 is 0 Å². The van der Waals surface area contributed by atoms with Gasteiger partial charge in [-0.1, -0.05) is 37.3 Å². The minimum absolute atomic E-state index is 0.105. The van der Waals surface area contributed by atoms with Crippen LogP contribution in [0.3, 0.4) is 0 Å². The van der Waals surface area contributed by atoms with E-state index in [4.69, 9.17) is 0 Å². The van der Waals surface area contributed by atoms with Gasteiger partial charge >= 0.3 is 0 Å². The number of nitrogens with one attached hydrogen (secondary N) is 2. The van der Waals surface area contributed by atoms with Crippen LogP contribution in [-0.4, -0.2) is 24.9 Å². The number of benzene rings is 2. The lowest BCUT2D eigenvalue weighted by molar-refractivity contribution is 0.0941. The van der Waals surface area contributed by atoms with Gasteiger partial charge in [0, 0.05) is 24.2 Å². The first kappa shape index (κ1) is 17.7. The number of carbonyl (C=O) groups is 2. The highest BCUT2D eigenvalue weighted by molar-refractivity contribution is 5.97. The summed E-state index contributed by atoms with van der Waals surface area (Å²) in [7, 11) is 0. The number of carbonyl (C=O) groups excluding carboxylic acids is 2. The van der Waals surface area contributed by atoms with E-state index in [1.807, 2.05) is 25.1 Å². The predicted octanol–water partition coefficient (Wildman–Crippen LogP) is 3.19. The molecule has 0 bridgehead atoms. The fourth-order valence-electron chi connectivity index (χ4n) is 2.35. The molecule has 2 rings (SSSR count). The van der Waals surface area contributed by atoms with Crippen molar-refractivity contribution in [3.8, 4) is 0 Å². The van der Waals surface area contributed by atoms with Gasteiger partial charge in [-0.15, -0.1) is 0 Å². The second-order valence-corrected chi connectivity index (χ2v) is 5.68. The molecule has 0 aromatic heterocycles. The Morgan fingerprint density at radius 3 is 1.88 bits per heavy atom. The molecule has 0 saturated heterocycles. The highest BCUT2D eigenvalue weighted by Crippen LogP contribution is 2.05. The van der Waals surface area contributed by atoms with Crippen molar-refractivity contribution in [1.29, 1.82) is 0 Å². The van der Waals surface area contributed by atoms with Gasteiger partial charge in [0.1, 0.15) is 0 Å². The summed E-state index contributed by atoms with van der Waals surface area (Å²) >= 11 is 0. The van der Waals surface area contributed by atoms with Crippen LogP contribution in [-0.2, 0) is 6.42 Å². The molecule has 0 radical (unpaired) electrons. The molecule has 2 amide bonds. The third kappa shape index (κ3) is 5.54. The Labute approximate surface area is 143 Å². The second-order valence-electron chi connectivity index (χ2n) is 5.68. The molecule has 24 heavy (non-hydrogen) atoms. The highest BCUT2D eigenvalue weighted by atomic mass is 16.2. The third-order valence-electron chi connectivity index (χ3n) is 3.72. The molecule has 0 fully saturated rings. The van der Waals surface area contributed by atoms with Crippen LogP contribution in [0.2, 0.25) is 0 Å². The number of hydrogen-bond donors (Lipinski definition) is 2. The molecular formula is C20H24N2O2. The molecule has 0 aliphatic rings. The molecule has 0 spiro atoms. The first-order valence-electron chi connectivity index (χ1n) is 8.41. The van der Waals surface area contributed by atoms with Crippen molar-refractivity contribution in [2.75, 3.05) is 13.1 Å². The Hall–Kier alpha value is -2.62. The maximum Gasteiger partial charge on any atom is 0.251 e. The van der Waals surface area contributed by atoms with Crippen LogP contribution in [0.5, 0.6) is 0 Å². The molecule has 2 aromatic carbocycles. The molecule has 4 nitrogen and oxygen atoms in total. The lowest BCUT2D eigenvalue weighted by atomic mass is 10.1. The van der Waals surface area contributed by atoms with E-state index in [1.165, 1.54) is 5.56 Å². The Bertz CT molecular complexity index is 651. The van der Waals surface area contributed by atoms with E-state index < -0.39 is 0 Å². The molecule has 0 aliphatic heterocycles. The largest absolute Gasteiger partial charge is 0.352 e. The van der Waals surface area contributed by atoms with Gasteiger partial charge in [-0.2, -0.15) is 0 Å². The van der Waals surface area contributed by atoms with Crippen molar-refractivity contribution in [1.82, 2.24) is 10.6 Å². The van der Waals surface area contributed by atoms with Crippen molar-refractivity contribution in [3.63, 3.8) is 0 Å². The van der Waals surface area contributed by atoms with Gasteiger partial charge in [0.15, 0.2) is 0 Å². The van der Waals surface area contributed by atoms with E-state index in [1.54, 1.807) is 24.3 Å². The average molecular weight is 324 g/mol. The fourth-order valence-corrected chi connectivity index (χ4v) is 2.35. The van der Waals surface area contributed by atoms with Crippen LogP contribution in [0.25, 0.3) is 0 Å². The summed E-state index contributed by atoms with van der Waals surface area (Å²) in [6, 6.07) is 17.0. The van der Waals surface area contributed by atoms with Gasteiger partial charge in [-0.25, -0.2) is 0 Å². The van der Waals surface area contributed by atoms with Crippen LogP contribution in [0.4, 0.5) is 0 Å². The number of rotatable bonds is 8. The van der Waals surface area contributed by atoms with E-state index in [9.17, 15) is 9.59 Å². The molecular weight excluding hydrogens is 300 g/mol. The first-order chi connectivity index (χ1) is 11.7. The third-order valence-corrected chi connectivity index (χ3v) is 3.72. The molecule has 0 unspecified atom stereocenters. The number of hydrogen-bond acceptors (Lipinski definition) is 2. The van der Waals surface area contributed by atoms with E-state index in [0.29, 0.717) is 24.2 Å². The quantitative estimate of drug-likeness (QED) is 0.733. The van der Waals surface area contributed by atoms with Crippen LogP contribution in [0.15, 0.2) is 54.6 Å². The molecule has 0 heterocycles. The van der Waals surface area contributed by atoms with Gasteiger partial charge in [0.2, 0.25) is 0 Å². The summed E-state index contributed by atoms with van der Waals surface area (Å²) in [6.45, 7) is 3.29. The Morgan fingerprint density at radius 2 is 1.33 bits per heavy atom. The van der Waals surface area contributed by atoms with Gasteiger partial charge in [0.05, 0.1) is 0 Å². The lowest BCUT2D eigenvalue weighted by Crippen LogP contribution is -2.26. The van der Waals surface area contributed by atoms with Gasteiger partial charge in [0.25, 0.3) is 11.8 Å². The monoisotopic (exact) mass is 324 g/mol. The van der Waals surface area contributed by atoms with E-state index in [0.717, 1.165) is 19.3 Å². The summed E-state index contributed by atoms with van der Waals surface area (Å²) in [4.78, 5) is 23.9. The standard InChI is InChI=1S/C20H24N2O2/c1-2-14-21-19(23)17-10-12-18(13-11-17)20(24)22-15-6-9-16-7-4-3-5-8-16/h3-5,7-8,10-13H,2,6,9,14-15H2,1H3,(H,21,23)(H,22,24). The normalized spacial score (nSPS) is 10.2. The van der Waals surface area contributed by atoms with E-state index in [-0.39, 0.29) is 11.8 Å². The molecule has 2 aromatic rings. The molecule has 0 saturated carbocycles. The van der Waals surface area contributed by atoms with Crippen molar-refractivity contribution in [2.24, 2.45) is 0 Å². The summed E-state index contributed by atoms with van der Waals surface area (Å²) in [5.41, 5.74) is 2.42. The van der Waals surface area contributed by atoms with Crippen molar-refractivity contribution < 1.29 is 9.59 Å². The van der Waals surface area contributed by atoms with Crippen LogP contribution in [0, 0.1) is 0 Å². The van der Waals surface area contributed by atoms with Gasteiger partial charge < -0.3 is 10.6 Å². The predicted molar refractivity (Wildman–Crippen MR) is 96.2 cm³/mol. The first-order valence-corrected chi connectivity index (χ1v) is 8.41. The maximum atomic E-state index is 12.1. The maximum absolute atomic E-state index is 12.1.